The molecule has 0 amide bonds. The Bertz CT molecular complexity index is 558. The monoisotopic (exact) mass is 215 g/mol. The molecule has 0 saturated heterocycles. The van der Waals surface area contributed by atoms with Gasteiger partial charge in [-0.05, 0) is 24.6 Å². The minimum Gasteiger partial charge on any atom is -0.399 e. The zero-order chi connectivity index (χ0) is 11.1. The Hall–Kier alpha value is -1.84. The van der Waals surface area contributed by atoms with Gasteiger partial charge in [0.1, 0.15) is 11.6 Å². The Morgan fingerprint density at radius 3 is 3.06 bits per heavy atom. The van der Waals surface area contributed by atoms with Gasteiger partial charge in [-0.15, -0.1) is 0 Å². The van der Waals surface area contributed by atoms with Crippen LogP contribution in [-0.4, -0.2) is 15.8 Å². The molecule has 3 N–H and O–H groups in total. The third-order valence-electron chi connectivity index (χ3n) is 3.16. The van der Waals surface area contributed by atoms with E-state index in [4.69, 9.17) is 5.73 Å². The molecule has 1 aromatic heterocycles. The number of nitrogens with two attached hydrogens (primary N) is 1. The first-order chi connectivity index (χ1) is 7.72. The minimum atomic E-state index is 0.265. The topological polar surface area (TPSA) is 71.8 Å². The van der Waals surface area contributed by atoms with Gasteiger partial charge in [0, 0.05) is 24.4 Å². The molecule has 3 rings (SSSR count). The summed E-state index contributed by atoms with van der Waals surface area (Å²) in [4.78, 5) is 19.0. The fourth-order valence-electron chi connectivity index (χ4n) is 2.29. The number of aromatic nitrogens is 2. The number of hydrogen-bond donors (Lipinski definition) is 2. The van der Waals surface area contributed by atoms with Crippen LogP contribution in [-0.2, 0) is 4.79 Å². The number of rotatable bonds is 1. The van der Waals surface area contributed by atoms with Crippen molar-refractivity contribution in [2.75, 3.05) is 5.73 Å². The third kappa shape index (κ3) is 1.46. The quantitative estimate of drug-likeness (QED) is 0.714. The van der Waals surface area contributed by atoms with Crippen LogP contribution in [0.3, 0.4) is 0 Å². The van der Waals surface area contributed by atoms with Crippen molar-refractivity contribution in [1.82, 2.24) is 9.97 Å². The molecule has 1 aliphatic rings. The number of H-pyrrole nitrogens is 1. The van der Waals surface area contributed by atoms with E-state index in [2.05, 4.69) is 9.97 Å². The molecule has 1 atom stereocenters. The maximum atomic E-state index is 11.2. The smallest absolute Gasteiger partial charge is 0.133 e. The summed E-state index contributed by atoms with van der Waals surface area (Å²) in [7, 11) is 0. The second-order valence-electron chi connectivity index (χ2n) is 4.38. The molecule has 0 spiro atoms. The second kappa shape index (κ2) is 3.33. The predicted octanol–water partition coefficient (Wildman–Crippen LogP) is 1.98. The maximum Gasteiger partial charge on any atom is 0.133 e. The van der Waals surface area contributed by atoms with Gasteiger partial charge in [-0.2, -0.15) is 0 Å². The predicted molar refractivity (Wildman–Crippen MR) is 62.1 cm³/mol. The van der Waals surface area contributed by atoms with Crippen molar-refractivity contribution in [3.8, 4) is 0 Å². The summed E-state index contributed by atoms with van der Waals surface area (Å²) in [5, 5.41) is 0. The lowest BCUT2D eigenvalue weighted by Crippen LogP contribution is -1.96. The van der Waals surface area contributed by atoms with Crippen molar-refractivity contribution < 1.29 is 4.79 Å². The molecule has 1 heterocycles. The Morgan fingerprint density at radius 1 is 1.44 bits per heavy atom. The SMILES string of the molecule is Nc1ccc2nc(C3CCC(=O)C3)[nH]c2c1. The first-order valence-electron chi connectivity index (χ1n) is 5.49. The second-order valence-corrected chi connectivity index (χ2v) is 4.38. The highest BCUT2D eigenvalue weighted by Gasteiger charge is 2.25. The van der Waals surface area contributed by atoms with E-state index in [0.29, 0.717) is 18.6 Å². The van der Waals surface area contributed by atoms with Crippen molar-refractivity contribution >= 4 is 22.5 Å². The molecule has 0 bridgehead atoms. The van der Waals surface area contributed by atoms with Gasteiger partial charge in [0.25, 0.3) is 0 Å². The van der Waals surface area contributed by atoms with Crippen LogP contribution in [0.15, 0.2) is 18.2 Å². The number of nitrogens with zero attached hydrogens (tertiary/aromatic N) is 1. The average Bonchev–Trinajstić information content (AvgIpc) is 2.83. The number of aromatic amines is 1. The largest absolute Gasteiger partial charge is 0.399 e. The highest BCUT2D eigenvalue weighted by molar-refractivity contribution is 5.82. The summed E-state index contributed by atoms with van der Waals surface area (Å²) in [5.74, 6) is 1.53. The molecule has 1 saturated carbocycles. The molecule has 1 fully saturated rings. The molecule has 0 aliphatic heterocycles. The molecule has 1 aliphatic carbocycles. The van der Waals surface area contributed by atoms with Gasteiger partial charge < -0.3 is 10.7 Å². The third-order valence-corrected chi connectivity index (χ3v) is 3.16. The lowest BCUT2D eigenvalue weighted by Gasteiger charge is -2.01. The Balaban J connectivity index is 2.02. The zero-order valence-corrected chi connectivity index (χ0v) is 8.86. The van der Waals surface area contributed by atoms with Gasteiger partial charge in [-0.3, -0.25) is 4.79 Å². The Kier molecular flexibility index (Phi) is 1.96. The van der Waals surface area contributed by atoms with Crippen LogP contribution in [0.25, 0.3) is 11.0 Å². The van der Waals surface area contributed by atoms with Crippen molar-refractivity contribution in [2.45, 2.75) is 25.2 Å². The van der Waals surface area contributed by atoms with Crippen LogP contribution in [0, 0.1) is 0 Å². The first-order valence-corrected chi connectivity index (χ1v) is 5.49. The summed E-state index contributed by atoms with van der Waals surface area (Å²) >= 11 is 0. The first kappa shape index (κ1) is 9.39. The highest BCUT2D eigenvalue weighted by Crippen LogP contribution is 2.31. The lowest BCUT2D eigenvalue weighted by atomic mass is 10.1. The summed E-state index contributed by atoms with van der Waals surface area (Å²) < 4.78 is 0. The van der Waals surface area contributed by atoms with E-state index in [1.807, 2.05) is 18.2 Å². The summed E-state index contributed by atoms with van der Waals surface area (Å²) in [6.07, 6.45) is 2.22. The van der Waals surface area contributed by atoms with Crippen LogP contribution in [0.2, 0.25) is 0 Å². The number of fused-ring (bicyclic) bond motifs is 1. The van der Waals surface area contributed by atoms with Crippen LogP contribution >= 0.6 is 0 Å². The van der Waals surface area contributed by atoms with Gasteiger partial charge in [-0.1, -0.05) is 0 Å². The molecular weight excluding hydrogens is 202 g/mol. The van der Waals surface area contributed by atoms with Crippen molar-refractivity contribution in [3.05, 3.63) is 24.0 Å². The molecule has 82 valence electrons. The van der Waals surface area contributed by atoms with Crippen molar-refractivity contribution in [1.29, 1.82) is 0 Å². The number of benzene rings is 1. The molecule has 0 radical (unpaired) electrons. The molecule has 1 aromatic carbocycles. The number of hydrogen-bond acceptors (Lipinski definition) is 3. The Morgan fingerprint density at radius 2 is 2.31 bits per heavy atom. The van der Waals surface area contributed by atoms with Gasteiger partial charge in [0.15, 0.2) is 0 Å². The average molecular weight is 215 g/mol. The number of anilines is 1. The van der Waals surface area contributed by atoms with E-state index >= 15 is 0 Å². The summed E-state index contributed by atoms with van der Waals surface area (Å²) in [5.41, 5.74) is 8.31. The zero-order valence-electron chi connectivity index (χ0n) is 8.86. The molecular formula is C12H13N3O. The minimum absolute atomic E-state index is 0.265. The number of nitrogen functional groups attached to an aromatic ring is 1. The van der Waals surface area contributed by atoms with E-state index < -0.39 is 0 Å². The number of imidazole rings is 1. The molecule has 4 nitrogen and oxygen atoms in total. The van der Waals surface area contributed by atoms with Crippen LogP contribution < -0.4 is 5.73 Å². The van der Waals surface area contributed by atoms with Gasteiger partial charge in [0.2, 0.25) is 0 Å². The number of carbonyl (C=O) groups is 1. The van der Waals surface area contributed by atoms with Gasteiger partial charge in [-0.25, -0.2) is 4.98 Å². The normalized spacial score (nSPS) is 20.8. The van der Waals surface area contributed by atoms with Gasteiger partial charge >= 0.3 is 0 Å². The summed E-state index contributed by atoms with van der Waals surface area (Å²) in [6.45, 7) is 0. The number of carbonyl (C=O) groups excluding carboxylic acids is 1. The van der Waals surface area contributed by atoms with E-state index in [9.17, 15) is 4.79 Å². The van der Waals surface area contributed by atoms with Crippen LogP contribution in [0.5, 0.6) is 0 Å². The number of ketones is 1. The van der Waals surface area contributed by atoms with E-state index in [1.165, 1.54) is 0 Å². The fraction of sp³-hybridized carbons (Fsp3) is 0.333. The van der Waals surface area contributed by atoms with Gasteiger partial charge in [0.05, 0.1) is 11.0 Å². The summed E-state index contributed by atoms with van der Waals surface area (Å²) in [6, 6.07) is 5.62. The van der Waals surface area contributed by atoms with Crippen LogP contribution in [0.4, 0.5) is 5.69 Å². The number of nitrogens with one attached hydrogen (secondary N) is 1. The fourth-order valence-corrected chi connectivity index (χ4v) is 2.29. The number of Topliss-reactive ketones (excluding diaryl/α,β-unsaturated/α-hetero) is 1. The highest BCUT2D eigenvalue weighted by atomic mass is 16.1. The van der Waals surface area contributed by atoms with E-state index in [0.717, 1.165) is 29.0 Å². The van der Waals surface area contributed by atoms with Crippen molar-refractivity contribution in [3.63, 3.8) is 0 Å². The van der Waals surface area contributed by atoms with Crippen molar-refractivity contribution in [2.24, 2.45) is 0 Å². The standard InChI is InChI=1S/C12H13N3O/c13-8-2-4-10-11(6-8)15-12(14-10)7-1-3-9(16)5-7/h2,4,6-7H,1,3,5,13H2,(H,14,15). The van der Waals surface area contributed by atoms with E-state index in [-0.39, 0.29) is 5.92 Å². The maximum absolute atomic E-state index is 11.2. The molecule has 2 aromatic rings. The molecule has 1 unspecified atom stereocenters. The lowest BCUT2D eigenvalue weighted by molar-refractivity contribution is -0.117. The van der Waals surface area contributed by atoms with Crippen LogP contribution in [0.1, 0.15) is 31.0 Å². The molecule has 4 heteroatoms. The Labute approximate surface area is 92.9 Å². The molecule has 16 heavy (non-hydrogen) atoms. The van der Waals surface area contributed by atoms with E-state index in [1.54, 1.807) is 0 Å².